The van der Waals surface area contributed by atoms with Gasteiger partial charge in [-0.2, -0.15) is 0 Å². The number of nitrogens with zero attached hydrogens (tertiary/aromatic N) is 1. The molecule has 0 unspecified atom stereocenters. The number of aromatic nitrogens is 1. The van der Waals surface area contributed by atoms with Gasteiger partial charge in [0.25, 0.3) is 0 Å². The van der Waals surface area contributed by atoms with Gasteiger partial charge in [-0.25, -0.2) is 0 Å². The summed E-state index contributed by atoms with van der Waals surface area (Å²) in [6.07, 6.45) is 1.27. The molecule has 5 heteroatoms. The van der Waals surface area contributed by atoms with Crippen molar-refractivity contribution in [1.82, 2.24) is 4.57 Å². The third-order valence-corrected chi connectivity index (χ3v) is 3.68. The van der Waals surface area contributed by atoms with Gasteiger partial charge in [0, 0.05) is 30.5 Å². The Hall–Kier alpha value is -1.88. The highest BCUT2D eigenvalue weighted by Gasteiger charge is 2.08. The predicted octanol–water partition coefficient (Wildman–Crippen LogP) is 2.37. The monoisotopic (exact) mass is 277 g/mol. The molecule has 100 valence electrons. The Kier molecular flexibility index (Phi) is 4.52. The van der Waals surface area contributed by atoms with Crippen LogP contribution in [0.15, 0.2) is 40.5 Å². The van der Waals surface area contributed by atoms with Gasteiger partial charge in [-0.15, -0.1) is 0 Å². The molecule has 4 nitrogen and oxygen atoms in total. The molecule has 0 spiro atoms. The molecule has 0 aliphatic carbocycles. The van der Waals surface area contributed by atoms with E-state index >= 15 is 0 Å². The summed E-state index contributed by atoms with van der Waals surface area (Å²) in [6, 6.07) is 9.92. The molecule has 2 rings (SSSR count). The number of carbonyl (C=O) groups is 1. The predicted molar refractivity (Wildman–Crippen MR) is 74.7 cm³/mol. The van der Waals surface area contributed by atoms with Crippen molar-refractivity contribution in [2.75, 3.05) is 0 Å². The lowest BCUT2D eigenvalue weighted by molar-refractivity contribution is -0.137. The minimum Gasteiger partial charge on any atom is -0.481 e. The van der Waals surface area contributed by atoms with Crippen molar-refractivity contribution in [1.29, 1.82) is 0 Å². The van der Waals surface area contributed by atoms with Gasteiger partial charge in [-0.05, 0) is 12.0 Å². The first-order valence-electron chi connectivity index (χ1n) is 6.10. The van der Waals surface area contributed by atoms with E-state index < -0.39 is 5.97 Å². The molecular weight excluding hydrogens is 262 g/mol. The van der Waals surface area contributed by atoms with Crippen LogP contribution in [0.4, 0.5) is 0 Å². The smallest absolute Gasteiger partial charge is 0.307 e. The molecule has 0 saturated carbocycles. The molecule has 0 atom stereocenters. The molecule has 0 fully saturated rings. The Morgan fingerprint density at radius 2 is 2.00 bits per heavy atom. The van der Waals surface area contributed by atoms with E-state index in [0.29, 0.717) is 19.4 Å². The van der Waals surface area contributed by atoms with Crippen LogP contribution in [0.2, 0.25) is 0 Å². The minimum atomic E-state index is -0.826. The largest absolute Gasteiger partial charge is 0.481 e. The van der Waals surface area contributed by atoms with Crippen LogP contribution in [0.25, 0.3) is 0 Å². The van der Waals surface area contributed by atoms with Gasteiger partial charge in [0.05, 0.1) is 0 Å². The average molecular weight is 277 g/mol. The third kappa shape index (κ3) is 3.79. The van der Waals surface area contributed by atoms with Gasteiger partial charge >= 0.3 is 10.8 Å². The van der Waals surface area contributed by atoms with Crippen LogP contribution >= 0.6 is 11.3 Å². The van der Waals surface area contributed by atoms with Crippen LogP contribution in [0.5, 0.6) is 0 Å². The van der Waals surface area contributed by atoms with Crippen LogP contribution in [-0.4, -0.2) is 15.6 Å². The standard InChI is InChI=1S/C14H15NO3S/c16-13(17)7-4-8-15-12(10-19-14(15)18)9-11-5-2-1-3-6-11/h1-3,5-6,10H,4,7-9H2,(H,16,17). The maximum atomic E-state index is 11.7. The highest BCUT2D eigenvalue weighted by Crippen LogP contribution is 2.11. The fourth-order valence-corrected chi connectivity index (χ4v) is 2.71. The molecule has 1 aromatic carbocycles. The molecule has 19 heavy (non-hydrogen) atoms. The minimum absolute atomic E-state index is 0.0173. The summed E-state index contributed by atoms with van der Waals surface area (Å²) in [6.45, 7) is 0.469. The van der Waals surface area contributed by atoms with Crippen molar-refractivity contribution in [3.05, 3.63) is 56.6 Å². The van der Waals surface area contributed by atoms with Gasteiger partial charge in [-0.3, -0.25) is 9.59 Å². The fraction of sp³-hybridized carbons (Fsp3) is 0.286. The maximum absolute atomic E-state index is 11.7. The van der Waals surface area contributed by atoms with Crippen LogP contribution in [0, 0.1) is 0 Å². The third-order valence-electron chi connectivity index (χ3n) is 2.86. The molecule has 0 aliphatic heterocycles. The number of rotatable bonds is 6. The second kappa shape index (κ2) is 6.33. The maximum Gasteiger partial charge on any atom is 0.307 e. The summed E-state index contributed by atoms with van der Waals surface area (Å²) in [7, 11) is 0. The highest BCUT2D eigenvalue weighted by molar-refractivity contribution is 7.07. The Labute approximate surface area is 115 Å². The Morgan fingerprint density at radius 1 is 1.26 bits per heavy atom. The normalized spacial score (nSPS) is 10.5. The van der Waals surface area contributed by atoms with Crippen molar-refractivity contribution in [3.8, 4) is 0 Å². The number of carboxylic acid groups (broad SMARTS) is 1. The Balaban J connectivity index is 2.09. The zero-order valence-electron chi connectivity index (χ0n) is 10.4. The molecule has 1 aromatic heterocycles. The van der Waals surface area contributed by atoms with Crippen molar-refractivity contribution < 1.29 is 9.90 Å². The lowest BCUT2D eigenvalue weighted by Gasteiger charge is -2.06. The molecular formula is C14H15NO3S. The second-order valence-corrected chi connectivity index (χ2v) is 5.12. The second-order valence-electron chi connectivity index (χ2n) is 4.30. The first kappa shape index (κ1) is 13.5. The summed E-state index contributed by atoms with van der Waals surface area (Å²) < 4.78 is 1.68. The number of hydrogen-bond donors (Lipinski definition) is 1. The number of hydrogen-bond acceptors (Lipinski definition) is 3. The molecule has 0 saturated heterocycles. The lowest BCUT2D eigenvalue weighted by atomic mass is 10.1. The average Bonchev–Trinajstić information content (AvgIpc) is 2.72. The van der Waals surface area contributed by atoms with E-state index in [1.54, 1.807) is 4.57 Å². The molecule has 0 amide bonds. The summed E-state index contributed by atoms with van der Waals surface area (Å²) in [5, 5.41) is 10.5. The van der Waals surface area contributed by atoms with Crippen molar-refractivity contribution >= 4 is 17.3 Å². The van der Waals surface area contributed by atoms with E-state index in [1.807, 2.05) is 35.7 Å². The van der Waals surface area contributed by atoms with E-state index in [9.17, 15) is 9.59 Å². The number of benzene rings is 1. The van der Waals surface area contributed by atoms with Crippen molar-refractivity contribution in [2.45, 2.75) is 25.8 Å². The van der Waals surface area contributed by atoms with E-state index in [2.05, 4.69) is 0 Å². The number of thiazole rings is 1. The van der Waals surface area contributed by atoms with Crippen LogP contribution in [-0.2, 0) is 17.8 Å². The summed E-state index contributed by atoms with van der Waals surface area (Å²) in [5.41, 5.74) is 2.10. The van der Waals surface area contributed by atoms with E-state index in [0.717, 1.165) is 11.3 Å². The van der Waals surface area contributed by atoms with Gasteiger partial charge in [0.2, 0.25) is 0 Å². The van der Waals surface area contributed by atoms with E-state index in [1.165, 1.54) is 11.3 Å². The Bertz CT molecular complexity index is 601. The zero-order chi connectivity index (χ0) is 13.7. The Morgan fingerprint density at radius 3 is 2.68 bits per heavy atom. The summed E-state index contributed by atoms with van der Waals surface area (Å²) >= 11 is 1.17. The highest BCUT2D eigenvalue weighted by atomic mass is 32.1. The van der Waals surface area contributed by atoms with E-state index in [-0.39, 0.29) is 11.3 Å². The molecule has 1 N–H and O–H groups in total. The number of carboxylic acids is 1. The summed E-state index contributed by atoms with van der Waals surface area (Å²) in [5.74, 6) is -0.826. The van der Waals surface area contributed by atoms with Crippen LogP contribution < -0.4 is 4.87 Å². The molecule has 0 radical (unpaired) electrons. The van der Waals surface area contributed by atoms with Gasteiger partial charge < -0.3 is 9.67 Å². The molecule has 2 aromatic rings. The van der Waals surface area contributed by atoms with Crippen LogP contribution in [0.3, 0.4) is 0 Å². The summed E-state index contributed by atoms with van der Waals surface area (Å²) in [4.78, 5) is 22.2. The SMILES string of the molecule is O=C(O)CCCn1c(Cc2ccccc2)csc1=O. The quantitative estimate of drug-likeness (QED) is 0.881. The van der Waals surface area contributed by atoms with Gasteiger partial charge in [-0.1, -0.05) is 41.7 Å². The zero-order valence-corrected chi connectivity index (χ0v) is 11.2. The first-order chi connectivity index (χ1) is 9.16. The molecule has 0 aliphatic rings. The topological polar surface area (TPSA) is 59.3 Å². The number of aliphatic carboxylic acids is 1. The first-order valence-corrected chi connectivity index (χ1v) is 6.97. The fourth-order valence-electron chi connectivity index (χ4n) is 1.93. The van der Waals surface area contributed by atoms with Gasteiger partial charge in [0.15, 0.2) is 0 Å². The molecule has 0 bridgehead atoms. The molecule has 1 heterocycles. The van der Waals surface area contributed by atoms with E-state index in [4.69, 9.17) is 5.11 Å². The lowest BCUT2D eigenvalue weighted by Crippen LogP contribution is -2.17. The van der Waals surface area contributed by atoms with Crippen molar-refractivity contribution in [3.63, 3.8) is 0 Å². The van der Waals surface area contributed by atoms with Crippen LogP contribution in [0.1, 0.15) is 24.1 Å². The van der Waals surface area contributed by atoms with Crippen molar-refractivity contribution in [2.24, 2.45) is 0 Å². The van der Waals surface area contributed by atoms with Gasteiger partial charge in [0.1, 0.15) is 0 Å².